The molecule has 6 heteroatoms. The van der Waals surface area contributed by atoms with E-state index in [-0.39, 0.29) is 6.61 Å². The Hall–Kier alpha value is -1.14. The van der Waals surface area contributed by atoms with Gasteiger partial charge in [-0.3, -0.25) is 0 Å². The summed E-state index contributed by atoms with van der Waals surface area (Å²) < 4.78 is 28.7. The van der Waals surface area contributed by atoms with E-state index in [1.165, 1.54) is 12.8 Å². The van der Waals surface area contributed by atoms with Gasteiger partial charge in [0.25, 0.3) is 6.43 Å². The first kappa shape index (κ1) is 15.3. The van der Waals surface area contributed by atoms with Crippen LogP contribution in [0.25, 0.3) is 0 Å². The van der Waals surface area contributed by atoms with Crippen LogP contribution in [-0.2, 0) is 17.7 Å². The van der Waals surface area contributed by atoms with Gasteiger partial charge in [0.2, 0.25) is 0 Å². The van der Waals surface area contributed by atoms with Gasteiger partial charge in [-0.2, -0.15) is 0 Å². The molecule has 1 aliphatic rings. The number of aromatic nitrogens is 2. The van der Waals surface area contributed by atoms with Crippen LogP contribution in [0.4, 0.5) is 8.78 Å². The first-order valence-electron chi connectivity index (χ1n) is 6.98. The van der Waals surface area contributed by atoms with Crippen molar-refractivity contribution in [1.82, 2.24) is 15.3 Å². The fraction of sp³-hybridized carbons (Fsp3) is 0.714. The van der Waals surface area contributed by atoms with Crippen molar-refractivity contribution in [2.75, 3.05) is 13.2 Å². The van der Waals surface area contributed by atoms with Gasteiger partial charge in [-0.25, -0.2) is 18.7 Å². The zero-order chi connectivity index (χ0) is 14.5. The van der Waals surface area contributed by atoms with Crippen LogP contribution in [0, 0.1) is 13.8 Å². The summed E-state index contributed by atoms with van der Waals surface area (Å²) in [6, 6.07) is 0.649. The van der Waals surface area contributed by atoms with Crippen LogP contribution in [0.1, 0.15) is 35.6 Å². The molecule has 0 saturated heterocycles. The number of nitrogens with one attached hydrogen (secondary N) is 1. The Morgan fingerprint density at radius 2 is 1.90 bits per heavy atom. The smallest absolute Gasteiger partial charge is 0.261 e. The molecule has 0 bridgehead atoms. The van der Waals surface area contributed by atoms with Crippen LogP contribution < -0.4 is 5.32 Å². The second-order valence-electron chi connectivity index (χ2n) is 5.16. The minimum atomic E-state index is -2.42. The van der Waals surface area contributed by atoms with E-state index in [9.17, 15) is 8.78 Å². The molecule has 2 rings (SSSR count). The van der Waals surface area contributed by atoms with Crippen LogP contribution in [0.3, 0.4) is 0 Å². The molecule has 0 radical (unpaired) electrons. The quantitative estimate of drug-likeness (QED) is 0.744. The summed E-state index contributed by atoms with van der Waals surface area (Å²) in [5.74, 6) is 0.657. The van der Waals surface area contributed by atoms with Crippen molar-refractivity contribution >= 4 is 0 Å². The van der Waals surface area contributed by atoms with Crippen molar-refractivity contribution in [3.63, 3.8) is 0 Å². The largest absolute Gasteiger partial charge is 0.375 e. The summed E-state index contributed by atoms with van der Waals surface area (Å²) in [7, 11) is 0. The lowest BCUT2D eigenvalue weighted by Gasteiger charge is -2.11. The highest BCUT2D eigenvalue weighted by Crippen LogP contribution is 2.20. The van der Waals surface area contributed by atoms with E-state index in [1.807, 2.05) is 13.8 Å². The normalized spacial score (nSPS) is 15.1. The van der Waals surface area contributed by atoms with Crippen molar-refractivity contribution in [3.05, 3.63) is 22.8 Å². The zero-order valence-corrected chi connectivity index (χ0v) is 12.0. The van der Waals surface area contributed by atoms with Crippen molar-refractivity contribution in [2.45, 2.75) is 52.1 Å². The maximum absolute atomic E-state index is 11.9. The fourth-order valence-corrected chi connectivity index (χ4v) is 2.05. The molecular weight excluding hydrogens is 264 g/mol. The minimum absolute atomic E-state index is 0.225. The zero-order valence-electron chi connectivity index (χ0n) is 12.0. The summed E-state index contributed by atoms with van der Waals surface area (Å²) in [6.45, 7) is 4.42. The van der Waals surface area contributed by atoms with Crippen LogP contribution in [-0.4, -0.2) is 35.6 Å². The number of nitrogens with zero attached hydrogens (tertiary/aromatic N) is 2. The number of hydrogen-bond acceptors (Lipinski definition) is 4. The van der Waals surface area contributed by atoms with Gasteiger partial charge < -0.3 is 10.1 Å². The van der Waals surface area contributed by atoms with Gasteiger partial charge in [0.05, 0.1) is 6.61 Å². The lowest BCUT2D eigenvalue weighted by molar-refractivity contribution is 0.0182. The molecule has 20 heavy (non-hydrogen) atoms. The van der Waals surface area contributed by atoms with Crippen molar-refractivity contribution in [2.24, 2.45) is 0 Å². The van der Waals surface area contributed by atoms with E-state index >= 15 is 0 Å². The summed E-state index contributed by atoms with van der Waals surface area (Å²) in [4.78, 5) is 8.86. The molecule has 0 unspecified atom stereocenters. The molecule has 1 heterocycles. The number of rotatable bonds is 8. The molecule has 1 saturated carbocycles. The first-order chi connectivity index (χ1) is 9.56. The lowest BCUT2D eigenvalue weighted by Crippen LogP contribution is -2.19. The lowest BCUT2D eigenvalue weighted by atomic mass is 10.1. The van der Waals surface area contributed by atoms with Gasteiger partial charge in [-0.1, -0.05) is 0 Å². The van der Waals surface area contributed by atoms with E-state index in [1.54, 1.807) is 0 Å². The highest BCUT2D eigenvalue weighted by Gasteiger charge is 2.21. The maximum Gasteiger partial charge on any atom is 0.261 e. The Labute approximate surface area is 118 Å². The molecule has 4 nitrogen and oxygen atoms in total. The molecule has 0 amide bonds. The van der Waals surface area contributed by atoms with Crippen molar-refractivity contribution in [1.29, 1.82) is 0 Å². The molecular formula is C14H21F2N3O. The van der Waals surface area contributed by atoms with E-state index in [4.69, 9.17) is 4.74 Å². The number of halogens is 2. The van der Waals surface area contributed by atoms with Gasteiger partial charge in [0, 0.05) is 36.0 Å². The molecule has 1 fully saturated rings. The van der Waals surface area contributed by atoms with Gasteiger partial charge in [0.1, 0.15) is 12.4 Å². The molecule has 1 aliphatic carbocycles. The monoisotopic (exact) mass is 285 g/mol. The first-order valence-corrected chi connectivity index (χ1v) is 6.98. The molecule has 0 spiro atoms. The average Bonchev–Trinajstić information content (AvgIpc) is 3.17. The van der Waals surface area contributed by atoms with Crippen LogP contribution >= 0.6 is 0 Å². The second-order valence-corrected chi connectivity index (χ2v) is 5.16. The molecule has 1 aromatic rings. The Morgan fingerprint density at radius 1 is 1.25 bits per heavy atom. The van der Waals surface area contributed by atoms with E-state index in [2.05, 4.69) is 15.3 Å². The van der Waals surface area contributed by atoms with Crippen LogP contribution in [0.2, 0.25) is 0 Å². The number of hydrogen-bond donors (Lipinski definition) is 1. The molecule has 1 N–H and O–H groups in total. The highest BCUT2D eigenvalue weighted by atomic mass is 19.3. The van der Waals surface area contributed by atoms with Crippen LogP contribution in [0.15, 0.2) is 0 Å². The highest BCUT2D eigenvalue weighted by molar-refractivity contribution is 5.24. The van der Waals surface area contributed by atoms with Crippen molar-refractivity contribution in [3.8, 4) is 0 Å². The Balaban J connectivity index is 1.87. The van der Waals surface area contributed by atoms with Gasteiger partial charge >= 0.3 is 0 Å². The molecule has 0 aromatic carbocycles. The van der Waals surface area contributed by atoms with E-state index in [0.29, 0.717) is 18.3 Å². The molecule has 0 atom stereocenters. The third-order valence-corrected chi connectivity index (χ3v) is 3.33. The summed E-state index contributed by atoms with van der Waals surface area (Å²) in [6.07, 6.45) is 0.539. The topological polar surface area (TPSA) is 47.0 Å². The summed E-state index contributed by atoms with van der Waals surface area (Å²) >= 11 is 0. The predicted octanol–water partition coefficient (Wildman–Crippen LogP) is 2.17. The fourth-order valence-electron chi connectivity index (χ4n) is 2.05. The van der Waals surface area contributed by atoms with Crippen LogP contribution in [0.5, 0.6) is 0 Å². The number of alkyl halides is 2. The van der Waals surface area contributed by atoms with E-state index in [0.717, 1.165) is 23.5 Å². The SMILES string of the molecule is Cc1nc(CCOCC(F)F)nc(C)c1CNC1CC1. The summed E-state index contributed by atoms with van der Waals surface area (Å²) in [5.41, 5.74) is 3.04. The maximum atomic E-state index is 11.9. The van der Waals surface area contributed by atoms with Crippen molar-refractivity contribution < 1.29 is 13.5 Å². The third-order valence-electron chi connectivity index (χ3n) is 3.33. The third kappa shape index (κ3) is 4.76. The molecule has 0 aliphatic heterocycles. The van der Waals surface area contributed by atoms with Gasteiger partial charge in [-0.15, -0.1) is 0 Å². The predicted molar refractivity (Wildman–Crippen MR) is 71.9 cm³/mol. The molecule has 112 valence electrons. The Bertz CT molecular complexity index is 427. The standard InChI is InChI=1S/C14H21F2N3O/c1-9-12(7-17-11-3-4-11)10(2)19-14(18-9)5-6-20-8-13(15)16/h11,13,17H,3-8H2,1-2H3. The number of aryl methyl sites for hydroxylation is 2. The van der Waals surface area contributed by atoms with E-state index < -0.39 is 13.0 Å². The van der Waals surface area contributed by atoms with Gasteiger partial charge in [-0.05, 0) is 26.7 Å². The Kier molecular flexibility index (Phi) is 5.37. The average molecular weight is 285 g/mol. The molecule has 1 aromatic heterocycles. The number of ether oxygens (including phenoxy) is 1. The summed E-state index contributed by atoms with van der Waals surface area (Å²) in [5, 5.41) is 3.45. The second kappa shape index (κ2) is 7.04. The minimum Gasteiger partial charge on any atom is -0.375 e. The Morgan fingerprint density at radius 3 is 2.45 bits per heavy atom. The van der Waals surface area contributed by atoms with Gasteiger partial charge in [0.15, 0.2) is 0 Å².